The summed E-state index contributed by atoms with van der Waals surface area (Å²) in [5.41, 5.74) is 10.1. The molecule has 0 aliphatic heterocycles. The van der Waals surface area contributed by atoms with Gasteiger partial charge in [-0.25, -0.2) is 9.50 Å². The number of alkyl halides is 3. The number of aromatic nitrogens is 3. The van der Waals surface area contributed by atoms with Crippen LogP contribution in [0.3, 0.4) is 0 Å². The maximum Gasteiger partial charge on any atom is 0.416 e. The molecular weight excluding hydrogens is 473 g/mol. The average molecular weight is 503 g/mol. The highest BCUT2D eigenvalue weighted by Crippen LogP contribution is 2.36. The third-order valence-corrected chi connectivity index (χ3v) is 6.43. The molecule has 0 spiro atoms. The maximum absolute atomic E-state index is 13.2. The Bertz CT molecular complexity index is 1420. The van der Waals surface area contributed by atoms with Gasteiger partial charge in [-0.2, -0.15) is 18.3 Å². The van der Waals surface area contributed by atoms with Crippen LogP contribution in [0.2, 0.25) is 0 Å². The fraction of sp³-hybridized carbons (Fsp3) is 0.200. The van der Waals surface area contributed by atoms with Gasteiger partial charge in [0.05, 0.1) is 17.5 Å². The lowest BCUT2D eigenvalue weighted by Gasteiger charge is -2.39. The maximum atomic E-state index is 13.2. The molecule has 0 bridgehead atoms. The lowest BCUT2D eigenvalue weighted by molar-refractivity contribution is -0.0881. The third-order valence-electron chi connectivity index (χ3n) is 6.43. The Labute approximate surface area is 214 Å². The summed E-state index contributed by atoms with van der Waals surface area (Å²) in [4.78, 5) is 4.83. The fourth-order valence-corrected chi connectivity index (χ4v) is 4.23. The van der Waals surface area contributed by atoms with E-state index in [1.807, 2.05) is 54.8 Å². The minimum atomic E-state index is -4.43. The van der Waals surface area contributed by atoms with Crippen molar-refractivity contribution in [2.45, 2.75) is 37.9 Å². The van der Waals surface area contributed by atoms with Gasteiger partial charge in [0.1, 0.15) is 0 Å². The van der Waals surface area contributed by atoms with Gasteiger partial charge in [0.25, 0.3) is 0 Å². The third kappa shape index (κ3) is 5.89. The molecule has 37 heavy (non-hydrogen) atoms. The summed E-state index contributed by atoms with van der Waals surface area (Å²) >= 11 is 0. The Morgan fingerprint density at radius 3 is 2.46 bits per heavy atom. The van der Waals surface area contributed by atoms with Gasteiger partial charge >= 0.3 is 6.18 Å². The molecule has 2 heterocycles. The zero-order valence-electron chi connectivity index (χ0n) is 20.6. The van der Waals surface area contributed by atoms with Gasteiger partial charge in [0.15, 0.2) is 5.65 Å². The van der Waals surface area contributed by atoms with Crippen LogP contribution in [0.4, 0.5) is 13.2 Å². The molecule has 4 rings (SSSR count). The summed E-state index contributed by atoms with van der Waals surface area (Å²) in [7, 11) is 0. The normalized spacial score (nSPS) is 16.8. The number of halogens is 3. The molecule has 1 aliphatic carbocycles. The number of benzene rings is 1. The van der Waals surface area contributed by atoms with E-state index in [9.17, 15) is 13.2 Å². The highest BCUT2D eigenvalue weighted by Gasteiger charge is 2.34. The molecule has 1 aliphatic rings. The van der Waals surface area contributed by atoms with Crippen LogP contribution in [0.15, 0.2) is 103 Å². The molecule has 0 atom stereocenters. The van der Waals surface area contributed by atoms with E-state index in [2.05, 4.69) is 11.7 Å². The number of nitrogens with two attached hydrogens (primary N) is 1. The molecule has 0 saturated heterocycles. The van der Waals surface area contributed by atoms with Gasteiger partial charge < -0.3 is 5.73 Å². The van der Waals surface area contributed by atoms with Crippen LogP contribution < -0.4 is 5.73 Å². The van der Waals surface area contributed by atoms with E-state index in [1.165, 1.54) is 12.2 Å². The second-order valence-electron chi connectivity index (χ2n) is 8.95. The summed E-state index contributed by atoms with van der Waals surface area (Å²) in [6, 6.07) is 9.82. The molecule has 2 aromatic heterocycles. The van der Waals surface area contributed by atoms with Crippen LogP contribution in [0, 0.1) is 0 Å². The molecule has 4 nitrogen and oxygen atoms in total. The molecule has 0 unspecified atom stereocenters. The lowest BCUT2D eigenvalue weighted by atomic mass is 9.72. The number of nitrogens with zero attached hydrogens (tertiary/aromatic N) is 3. The van der Waals surface area contributed by atoms with E-state index >= 15 is 0 Å². The molecular formula is C30H29F3N4. The van der Waals surface area contributed by atoms with Crippen LogP contribution >= 0.6 is 0 Å². The summed E-state index contributed by atoms with van der Waals surface area (Å²) in [6.45, 7) is 5.46. The number of hydrogen-bond donors (Lipinski definition) is 1. The molecule has 1 fully saturated rings. The highest BCUT2D eigenvalue weighted by molar-refractivity contribution is 5.76. The van der Waals surface area contributed by atoms with Gasteiger partial charge in [0, 0.05) is 22.9 Å². The molecule has 1 saturated carbocycles. The summed E-state index contributed by atoms with van der Waals surface area (Å²) in [5.74, 6) is 0. The molecule has 7 heteroatoms. The number of hydrogen-bond acceptors (Lipinski definition) is 3. The Morgan fingerprint density at radius 2 is 1.84 bits per heavy atom. The molecule has 0 radical (unpaired) electrons. The molecule has 190 valence electrons. The minimum Gasteiger partial charge on any atom is -0.321 e. The van der Waals surface area contributed by atoms with Crippen LogP contribution in [0.1, 0.15) is 37.4 Å². The average Bonchev–Trinajstić information content (AvgIpc) is 3.26. The standard InChI is InChI=1S/C30H29F3N4/c1-3-11-25(30(31,32)33)16-8-14-23-20-35-37-21-26(22-12-6-5-7-13-22)27(36-28(23)37)17-9-15-24(4-2)29(34)18-10-19-29/h3-9,11-17,20-21H,2,10,18-19,34H2,1H3/b11-3-,14-8+,17-9+,24-15+,25-16+. The van der Waals surface area contributed by atoms with E-state index in [4.69, 9.17) is 10.7 Å². The van der Waals surface area contributed by atoms with Crippen LogP contribution in [-0.4, -0.2) is 26.3 Å². The van der Waals surface area contributed by atoms with Gasteiger partial charge in [-0.3, -0.25) is 0 Å². The zero-order valence-corrected chi connectivity index (χ0v) is 20.6. The SMILES string of the molecule is C=C/C(=C\C=C\c1nc2c(/C=C/C=C(\C=C/C)C(F)(F)F)cnn2cc1-c1ccccc1)C1(N)CCC1. The first-order valence-electron chi connectivity index (χ1n) is 12.1. The van der Waals surface area contributed by atoms with Crippen LogP contribution in [0.25, 0.3) is 28.9 Å². The van der Waals surface area contributed by atoms with Crippen LogP contribution in [0.5, 0.6) is 0 Å². The van der Waals surface area contributed by atoms with Crippen molar-refractivity contribution in [2.24, 2.45) is 5.73 Å². The summed E-state index contributed by atoms with van der Waals surface area (Å²) in [5, 5.41) is 4.38. The number of allylic oxidation sites excluding steroid dienone is 7. The predicted octanol–water partition coefficient (Wildman–Crippen LogP) is 7.48. The predicted molar refractivity (Wildman–Crippen MR) is 144 cm³/mol. The monoisotopic (exact) mass is 502 g/mol. The quantitative estimate of drug-likeness (QED) is 0.325. The summed E-state index contributed by atoms with van der Waals surface area (Å²) < 4.78 is 41.2. The van der Waals surface area contributed by atoms with Crippen molar-refractivity contribution >= 4 is 17.8 Å². The Morgan fingerprint density at radius 1 is 1.11 bits per heavy atom. The second-order valence-corrected chi connectivity index (χ2v) is 8.95. The Balaban J connectivity index is 1.75. The van der Waals surface area contributed by atoms with Gasteiger partial charge in [-0.15, -0.1) is 0 Å². The Hall–Kier alpha value is -3.97. The topological polar surface area (TPSA) is 56.2 Å². The van der Waals surface area contributed by atoms with Crippen molar-refractivity contribution in [3.8, 4) is 11.1 Å². The van der Waals surface area contributed by atoms with Crippen molar-refractivity contribution in [2.75, 3.05) is 0 Å². The fourth-order valence-electron chi connectivity index (χ4n) is 4.23. The first-order valence-corrected chi connectivity index (χ1v) is 12.1. The summed E-state index contributed by atoms with van der Waals surface area (Å²) in [6.07, 6.45) is 15.9. The zero-order chi connectivity index (χ0) is 26.5. The van der Waals surface area contributed by atoms with E-state index < -0.39 is 11.7 Å². The number of rotatable bonds is 8. The van der Waals surface area contributed by atoms with E-state index in [0.29, 0.717) is 16.9 Å². The smallest absolute Gasteiger partial charge is 0.321 e. The van der Waals surface area contributed by atoms with Crippen molar-refractivity contribution < 1.29 is 13.2 Å². The first kappa shape index (κ1) is 26.1. The lowest BCUT2D eigenvalue weighted by Crippen LogP contribution is -2.47. The first-order chi connectivity index (χ1) is 17.7. The van der Waals surface area contributed by atoms with Crippen molar-refractivity contribution in [1.29, 1.82) is 0 Å². The number of fused-ring (bicyclic) bond motifs is 1. The largest absolute Gasteiger partial charge is 0.416 e. The molecule has 2 N–H and O–H groups in total. The van der Waals surface area contributed by atoms with Gasteiger partial charge in [0.2, 0.25) is 0 Å². The molecule has 1 aromatic carbocycles. The van der Waals surface area contributed by atoms with Gasteiger partial charge in [-0.1, -0.05) is 79.4 Å². The van der Waals surface area contributed by atoms with E-state index in [0.717, 1.165) is 48.1 Å². The second kappa shape index (κ2) is 11.0. The minimum absolute atomic E-state index is 0.328. The molecule has 0 amide bonds. The van der Waals surface area contributed by atoms with Crippen molar-refractivity contribution in [1.82, 2.24) is 14.6 Å². The van der Waals surface area contributed by atoms with Crippen molar-refractivity contribution in [3.05, 3.63) is 114 Å². The van der Waals surface area contributed by atoms with E-state index in [1.54, 1.807) is 29.8 Å². The highest BCUT2D eigenvalue weighted by atomic mass is 19.4. The van der Waals surface area contributed by atoms with Crippen molar-refractivity contribution in [3.63, 3.8) is 0 Å². The Kier molecular flexibility index (Phi) is 7.74. The van der Waals surface area contributed by atoms with Gasteiger partial charge in [-0.05, 0) is 49.5 Å². The molecule has 3 aromatic rings. The van der Waals surface area contributed by atoms with Crippen LogP contribution in [-0.2, 0) is 0 Å². The van der Waals surface area contributed by atoms with E-state index in [-0.39, 0.29) is 5.54 Å².